The molecular weight excluding hydrogens is 314 g/mol. The van der Waals surface area contributed by atoms with E-state index in [1.165, 1.54) is 18.4 Å². The molecule has 2 aromatic heterocycles. The van der Waals surface area contributed by atoms with Crippen LogP contribution < -0.4 is 5.73 Å². The summed E-state index contributed by atoms with van der Waals surface area (Å²) in [5.41, 5.74) is 8.66. The molecule has 0 saturated carbocycles. The molecule has 0 amide bonds. The summed E-state index contributed by atoms with van der Waals surface area (Å²) < 4.78 is 4.75. The van der Waals surface area contributed by atoms with Crippen molar-refractivity contribution in [3.05, 3.63) is 40.3 Å². The lowest BCUT2D eigenvalue weighted by atomic mass is 10.0. The van der Waals surface area contributed by atoms with E-state index < -0.39 is 5.97 Å². The van der Waals surface area contributed by atoms with Crippen LogP contribution in [-0.4, -0.2) is 29.3 Å². The van der Waals surface area contributed by atoms with Crippen LogP contribution in [0.25, 0.3) is 21.5 Å². The van der Waals surface area contributed by atoms with Crippen molar-refractivity contribution in [2.75, 3.05) is 12.8 Å². The molecule has 0 aliphatic rings. The van der Waals surface area contributed by atoms with E-state index in [9.17, 15) is 9.59 Å². The van der Waals surface area contributed by atoms with Crippen LogP contribution in [0.2, 0.25) is 0 Å². The van der Waals surface area contributed by atoms with Gasteiger partial charge in [-0.2, -0.15) is 0 Å². The van der Waals surface area contributed by atoms with Gasteiger partial charge in [0.05, 0.1) is 12.8 Å². The number of aromatic nitrogens is 2. The highest BCUT2D eigenvalue weighted by Crippen LogP contribution is 2.34. The van der Waals surface area contributed by atoms with Crippen molar-refractivity contribution in [1.82, 2.24) is 9.97 Å². The molecule has 0 saturated heterocycles. The standard InChI is InChI=1S/C16H13N3O3S/c1-8-3-4-9(7-20)5-10(8)13-11-6-12(15(21)22-2)23-14(11)19-16(17)18-13/h3-7H,1-2H3,(H2,17,18,19). The minimum absolute atomic E-state index is 0.113. The molecule has 0 radical (unpaired) electrons. The van der Waals surface area contributed by atoms with Crippen molar-refractivity contribution in [2.45, 2.75) is 6.92 Å². The first-order valence-electron chi connectivity index (χ1n) is 6.75. The fraction of sp³-hybridized carbons (Fsp3) is 0.125. The average Bonchev–Trinajstić information content (AvgIpc) is 2.97. The molecule has 0 atom stereocenters. The van der Waals surface area contributed by atoms with E-state index in [4.69, 9.17) is 10.5 Å². The number of esters is 1. The number of nitrogen functional groups attached to an aromatic ring is 1. The molecule has 3 rings (SSSR count). The number of benzene rings is 1. The van der Waals surface area contributed by atoms with Gasteiger partial charge in [0, 0.05) is 16.5 Å². The smallest absolute Gasteiger partial charge is 0.348 e. The van der Waals surface area contributed by atoms with Crippen molar-refractivity contribution in [2.24, 2.45) is 0 Å². The number of aldehydes is 1. The Labute approximate surface area is 135 Å². The van der Waals surface area contributed by atoms with Gasteiger partial charge in [-0.05, 0) is 24.6 Å². The van der Waals surface area contributed by atoms with Gasteiger partial charge in [0.2, 0.25) is 5.95 Å². The molecule has 3 aromatic rings. The summed E-state index contributed by atoms with van der Waals surface area (Å²) >= 11 is 1.19. The minimum Gasteiger partial charge on any atom is -0.465 e. The van der Waals surface area contributed by atoms with Crippen LogP contribution in [0.1, 0.15) is 25.6 Å². The molecule has 2 heterocycles. The summed E-state index contributed by atoms with van der Waals surface area (Å²) in [5, 5.41) is 0.704. The molecule has 116 valence electrons. The number of nitrogens with zero attached hydrogens (tertiary/aromatic N) is 2. The molecule has 0 bridgehead atoms. The van der Waals surface area contributed by atoms with E-state index >= 15 is 0 Å². The van der Waals surface area contributed by atoms with Crippen LogP contribution in [0.4, 0.5) is 5.95 Å². The molecule has 0 aliphatic carbocycles. The van der Waals surface area contributed by atoms with Crippen LogP contribution in [0.3, 0.4) is 0 Å². The second-order valence-electron chi connectivity index (χ2n) is 4.94. The molecule has 0 spiro atoms. The summed E-state index contributed by atoms with van der Waals surface area (Å²) in [6.45, 7) is 1.92. The van der Waals surface area contributed by atoms with Gasteiger partial charge in [-0.1, -0.05) is 12.1 Å². The molecule has 0 unspecified atom stereocenters. The Morgan fingerprint density at radius 1 is 1.30 bits per heavy atom. The molecule has 0 fully saturated rings. The summed E-state index contributed by atoms with van der Waals surface area (Å²) in [5.74, 6) is -0.322. The second kappa shape index (κ2) is 5.77. The SMILES string of the molecule is COC(=O)c1cc2c(-c3cc(C=O)ccc3C)nc(N)nc2s1. The van der Waals surface area contributed by atoms with Gasteiger partial charge < -0.3 is 10.5 Å². The second-order valence-corrected chi connectivity index (χ2v) is 5.97. The summed E-state index contributed by atoms with van der Waals surface area (Å²) in [6, 6.07) is 7.02. The molecular formula is C16H13N3O3S. The Morgan fingerprint density at radius 3 is 2.78 bits per heavy atom. The largest absolute Gasteiger partial charge is 0.465 e. The van der Waals surface area contributed by atoms with E-state index in [0.717, 1.165) is 17.4 Å². The maximum absolute atomic E-state index is 11.7. The van der Waals surface area contributed by atoms with Crippen LogP contribution >= 0.6 is 11.3 Å². The van der Waals surface area contributed by atoms with E-state index in [2.05, 4.69) is 9.97 Å². The molecule has 2 N–H and O–H groups in total. The highest BCUT2D eigenvalue weighted by Gasteiger charge is 2.17. The van der Waals surface area contributed by atoms with Crippen LogP contribution in [0.15, 0.2) is 24.3 Å². The van der Waals surface area contributed by atoms with Crippen LogP contribution in [0, 0.1) is 6.92 Å². The third-order valence-corrected chi connectivity index (χ3v) is 4.46. The number of rotatable bonds is 3. The lowest BCUT2D eigenvalue weighted by Crippen LogP contribution is -1.98. The van der Waals surface area contributed by atoms with E-state index in [0.29, 0.717) is 26.4 Å². The molecule has 0 aliphatic heterocycles. The average molecular weight is 327 g/mol. The lowest BCUT2D eigenvalue weighted by molar-refractivity contribution is 0.0606. The highest BCUT2D eigenvalue weighted by atomic mass is 32.1. The van der Waals surface area contributed by atoms with E-state index in [1.807, 2.05) is 13.0 Å². The zero-order valence-electron chi connectivity index (χ0n) is 12.5. The topological polar surface area (TPSA) is 95.2 Å². The predicted molar refractivity (Wildman–Crippen MR) is 88.7 cm³/mol. The molecule has 1 aromatic carbocycles. The lowest BCUT2D eigenvalue weighted by Gasteiger charge is -2.08. The van der Waals surface area contributed by atoms with Gasteiger partial charge in [0.15, 0.2) is 0 Å². The van der Waals surface area contributed by atoms with Gasteiger partial charge in [0.25, 0.3) is 0 Å². The first-order chi connectivity index (χ1) is 11.0. The number of fused-ring (bicyclic) bond motifs is 1. The van der Waals surface area contributed by atoms with Gasteiger partial charge in [0.1, 0.15) is 16.0 Å². The Morgan fingerprint density at radius 2 is 2.09 bits per heavy atom. The van der Waals surface area contributed by atoms with Gasteiger partial charge in [-0.15, -0.1) is 11.3 Å². The molecule has 7 heteroatoms. The Hall–Kier alpha value is -2.80. The number of methoxy groups -OCH3 is 1. The third-order valence-electron chi connectivity index (χ3n) is 3.45. The highest BCUT2D eigenvalue weighted by molar-refractivity contribution is 7.20. The number of hydrogen-bond donors (Lipinski definition) is 1. The number of anilines is 1. The van der Waals surface area contributed by atoms with Crippen molar-refractivity contribution in [3.8, 4) is 11.3 Å². The quantitative estimate of drug-likeness (QED) is 0.587. The van der Waals surface area contributed by atoms with Crippen molar-refractivity contribution < 1.29 is 14.3 Å². The summed E-state index contributed by atoms with van der Waals surface area (Å²) in [7, 11) is 1.32. The van der Waals surface area contributed by atoms with Crippen LogP contribution in [0.5, 0.6) is 0 Å². The summed E-state index contributed by atoms with van der Waals surface area (Å²) in [6.07, 6.45) is 0.776. The number of carbonyl (C=O) groups excluding carboxylic acids is 2. The maximum Gasteiger partial charge on any atom is 0.348 e. The van der Waals surface area contributed by atoms with Gasteiger partial charge in [-0.25, -0.2) is 14.8 Å². The molecule has 23 heavy (non-hydrogen) atoms. The fourth-order valence-electron chi connectivity index (χ4n) is 2.31. The third kappa shape index (κ3) is 2.66. The van der Waals surface area contributed by atoms with Gasteiger partial charge in [-0.3, -0.25) is 4.79 Å². The number of ether oxygens (including phenoxy) is 1. The minimum atomic E-state index is -0.434. The van der Waals surface area contributed by atoms with Gasteiger partial charge >= 0.3 is 5.97 Å². The number of aryl methyl sites for hydroxylation is 1. The zero-order valence-corrected chi connectivity index (χ0v) is 13.3. The summed E-state index contributed by atoms with van der Waals surface area (Å²) in [4.78, 5) is 32.3. The number of carbonyl (C=O) groups is 2. The Balaban J connectivity index is 2.30. The van der Waals surface area contributed by atoms with Crippen molar-refractivity contribution >= 4 is 39.8 Å². The normalized spacial score (nSPS) is 10.7. The Kier molecular flexibility index (Phi) is 3.79. The first kappa shape index (κ1) is 15.1. The van der Waals surface area contributed by atoms with E-state index in [1.54, 1.807) is 18.2 Å². The van der Waals surface area contributed by atoms with E-state index in [-0.39, 0.29) is 5.95 Å². The first-order valence-corrected chi connectivity index (χ1v) is 7.56. The van der Waals surface area contributed by atoms with Crippen molar-refractivity contribution in [1.29, 1.82) is 0 Å². The van der Waals surface area contributed by atoms with Crippen LogP contribution in [-0.2, 0) is 4.74 Å². The zero-order chi connectivity index (χ0) is 16.6. The monoisotopic (exact) mass is 327 g/mol. The maximum atomic E-state index is 11.7. The van der Waals surface area contributed by atoms with Crippen molar-refractivity contribution in [3.63, 3.8) is 0 Å². The number of thiophene rings is 1. The number of hydrogen-bond acceptors (Lipinski definition) is 7. The molecule has 6 nitrogen and oxygen atoms in total. The fourth-order valence-corrected chi connectivity index (χ4v) is 3.27. The predicted octanol–water partition coefficient (Wildman–Crippen LogP) is 2.85. The number of nitrogens with two attached hydrogens (primary N) is 1. The Bertz CT molecular complexity index is 934.